The Balaban J connectivity index is 1.68. The molecule has 5 saturated heterocycles. The number of carbonyl (C=O) groups is 1. The zero-order valence-corrected chi connectivity index (χ0v) is 16.2. The van der Waals surface area contributed by atoms with Crippen LogP contribution >= 0.6 is 0 Å². The van der Waals surface area contributed by atoms with Crippen LogP contribution in [0.1, 0.15) is 64.2 Å². The molecule has 27 heavy (non-hydrogen) atoms. The topological polar surface area (TPSA) is 63.2 Å². The summed E-state index contributed by atoms with van der Waals surface area (Å²) < 4.78 is 32.3. The minimum absolute atomic E-state index is 0.00396. The monoisotopic (exact) mass is 380 g/mol. The lowest BCUT2D eigenvalue weighted by molar-refractivity contribution is -0.314. The highest BCUT2D eigenvalue weighted by molar-refractivity contribution is 5.67. The van der Waals surface area contributed by atoms with Crippen molar-refractivity contribution < 1.29 is 28.5 Å². The molecular weight excluding hydrogens is 348 g/mol. The summed E-state index contributed by atoms with van der Waals surface area (Å²) in [5.74, 6) is 0. The number of carbonyl (C=O) groups excluding carboxylic acids is 1. The first-order valence-corrected chi connectivity index (χ1v) is 10.9. The van der Waals surface area contributed by atoms with Crippen molar-refractivity contribution in [3.05, 3.63) is 0 Å². The summed E-state index contributed by atoms with van der Waals surface area (Å²) in [6.45, 7) is 3.42. The molecule has 0 N–H and O–H groups in total. The van der Waals surface area contributed by atoms with E-state index >= 15 is 0 Å². The van der Waals surface area contributed by atoms with Crippen molar-refractivity contribution in [2.45, 2.75) is 92.7 Å². The van der Waals surface area contributed by atoms with Gasteiger partial charge in [0.1, 0.15) is 16.8 Å². The van der Waals surface area contributed by atoms with E-state index in [1.807, 2.05) is 0 Å². The number of hydrogen-bond donors (Lipinski definition) is 0. The van der Waals surface area contributed by atoms with E-state index in [1.54, 1.807) is 0 Å². The van der Waals surface area contributed by atoms with Gasteiger partial charge >= 0.3 is 0 Å². The summed E-state index contributed by atoms with van der Waals surface area (Å²) in [7, 11) is 0. The molecule has 0 bridgehead atoms. The molecule has 0 amide bonds. The number of aldehydes is 1. The predicted molar refractivity (Wildman–Crippen MR) is 96.7 cm³/mol. The second kappa shape index (κ2) is 6.77. The largest absolute Gasteiger partial charge is 0.375 e. The van der Waals surface area contributed by atoms with Gasteiger partial charge < -0.3 is 28.5 Å². The summed E-state index contributed by atoms with van der Waals surface area (Å²) in [4.78, 5) is 12.5. The molecule has 5 aliphatic heterocycles. The van der Waals surface area contributed by atoms with Gasteiger partial charge in [-0.1, -0.05) is 0 Å². The van der Waals surface area contributed by atoms with E-state index in [2.05, 4.69) is 0 Å². The van der Waals surface area contributed by atoms with Crippen LogP contribution in [0.5, 0.6) is 0 Å². The summed E-state index contributed by atoms with van der Waals surface area (Å²) in [5.41, 5.74) is -2.96. The predicted octanol–water partition coefficient (Wildman–Crippen LogP) is 2.56. The van der Waals surface area contributed by atoms with Crippen LogP contribution in [0.25, 0.3) is 0 Å². The third-order valence-corrected chi connectivity index (χ3v) is 7.81. The molecule has 0 aromatic heterocycles. The van der Waals surface area contributed by atoms with Crippen molar-refractivity contribution in [3.63, 3.8) is 0 Å². The molecule has 5 rings (SSSR count). The van der Waals surface area contributed by atoms with Crippen molar-refractivity contribution in [2.75, 3.05) is 33.0 Å². The molecule has 152 valence electrons. The van der Waals surface area contributed by atoms with Crippen LogP contribution in [0.4, 0.5) is 0 Å². The Morgan fingerprint density at radius 1 is 0.667 bits per heavy atom. The fraction of sp³-hybridized carbons (Fsp3) is 0.952. The molecule has 5 heterocycles. The van der Waals surface area contributed by atoms with E-state index in [-0.39, 0.29) is 6.10 Å². The molecule has 0 aromatic carbocycles. The molecule has 6 nitrogen and oxygen atoms in total. The van der Waals surface area contributed by atoms with Crippen molar-refractivity contribution >= 4 is 6.29 Å². The lowest BCUT2D eigenvalue weighted by Crippen LogP contribution is -2.77. The molecule has 0 spiro atoms. The van der Waals surface area contributed by atoms with Crippen molar-refractivity contribution in [1.82, 2.24) is 0 Å². The summed E-state index contributed by atoms with van der Waals surface area (Å²) in [6, 6.07) is 0. The fourth-order valence-corrected chi connectivity index (χ4v) is 6.87. The zero-order valence-electron chi connectivity index (χ0n) is 16.2. The number of hydrogen-bond acceptors (Lipinski definition) is 6. The average Bonchev–Trinajstić information content (AvgIpc) is 3.51. The molecule has 0 radical (unpaired) electrons. The van der Waals surface area contributed by atoms with E-state index in [1.165, 1.54) is 0 Å². The summed E-state index contributed by atoms with van der Waals surface area (Å²) in [6.07, 6.45) is 10.0. The SMILES string of the molecule is O=C[C@]1([C@]2([C@]3([C@]4([C@H]5CCCO5)CCCO4)CCCO3)CCCO2)CCCO1. The van der Waals surface area contributed by atoms with Crippen LogP contribution in [-0.2, 0) is 28.5 Å². The van der Waals surface area contributed by atoms with Gasteiger partial charge in [-0.2, -0.15) is 0 Å². The maximum Gasteiger partial charge on any atom is 0.155 e. The highest BCUT2D eigenvalue weighted by Crippen LogP contribution is 2.62. The number of ether oxygens (including phenoxy) is 5. The van der Waals surface area contributed by atoms with Crippen molar-refractivity contribution in [3.8, 4) is 0 Å². The molecule has 5 aliphatic rings. The van der Waals surface area contributed by atoms with Crippen LogP contribution in [0.15, 0.2) is 0 Å². The van der Waals surface area contributed by atoms with E-state index < -0.39 is 22.4 Å². The van der Waals surface area contributed by atoms with Crippen LogP contribution in [0.2, 0.25) is 0 Å². The van der Waals surface area contributed by atoms with Gasteiger partial charge in [-0.25, -0.2) is 0 Å². The van der Waals surface area contributed by atoms with Crippen LogP contribution in [-0.4, -0.2) is 67.8 Å². The highest BCUT2D eigenvalue weighted by atomic mass is 16.6. The maximum absolute atomic E-state index is 12.5. The first kappa shape index (κ1) is 18.5. The minimum Gasteiger partial charge on any atom is -0.375 e. The second-order valence-corrected chi connectivity index (χ2v) is 8.86. The fourth-order valence-electron chi connectivity index (χ4n) is 6.87. The Bertz CT molecular complexity index is 545. The van der Waals surface area contributed by atoms with E-state index in [0.717, 1.165) is 77.3 Å². The Morgan fingerprint density at radius 2 is 1.33 bits per heavy atom. The third-order valence-electron chi connectivity index (χ3n) is 7.81. The standard InChI is InChI=1S/C21H32O6/c22-16-18(7-2-12-24-18)20(9-4-14-26-20)21(10-5-15-27-21)19(8-3-13-25-19)17-6-1-11-23-17/h16-17H,1-15H2/t17-,18+,19-,20+,21-/m1/s1. The Labute approximate surface area is 161 Å². The average molecular weight is 380 g/mol. The lowest BCUT2D eigenvalue weighted by atomic mass is 9.58. The smallest absolute Gasteiger partial charge is 0.155 e. The molecule has 5 fully saturated rings. The number of rotatable bonds is 5. The Morgan fingerprint density at radius 3 is 1.85 bits per heavy atom. The summed E-state index contributed by atoms with van der Waals surface area (Å²) >= 11 is 0. The first-order valence-electron chi connectivity index (χ1n) is 10.9. The Hall–Kier alpha value is -0.530. The summed E-state index contributed by atoms with van der Waals surface area (Å²) in [5, 5.41) is 0. The first-order chi connectivity index (χ1) is 13.2. The van der Waals surface area contributed by atoms with Crippen LogP contribution in [0, 0.1) is 0 Å². The normalized spacial score (nSPS) is 50.6. The van der Waals surface area contributed by atoms with Gasteiger partial charge in [-0.3, -0.25) is 0 Å². The minimum atomic E-state index is -0.939. The van der Waals surface area contributed by atoms with Gasteiger partial charge in [0.15, 0.2) is 11.9 Å². The lowest BCUT2D eigenvalue weighted by Gasteiger charge is -2.59. The second-order valence-electron chi connectivity index (χ2n) is 8.86. The Kier molecular flexibility index (Phi) is 4.64. The van der Waals surface area contributed by atoms with E-state index in [9.17, 15) is 4.79 Å². The van der Waals surface area contributed by atoms with Gasteiger partial charge in [0.2, 0.25) is 0 Å². The molecule has 5 atom stereocenters. The zero-order chi connectivity index (χ0) is 18.4. The van der Waals surface area contributed by atoms with Crippen LogP contribution < -0.4 is 0 Å². The van der Waals surface area contributed by atoms with Gasteiger partial charge in [0.05, 0.1) is 6.10 Å². The van der Waals surface area contributed by atoms with E-state index in [0.29, 0.717) is 26.2 Å². The van der Waals surface area contributed by atoms with Crippen molar-refractivity contribution in [2.24, 2.45) is 0 Å². The molecule has 0 aromatic rings. The molecule has 6 heteroatoms. The highest BCUT2D eigenvalue weighted by Gasteiger charge is 2.77. The van der Waals surface area contributed by atoms with E-state index in [4.69, 9.17) is 23.7 Å². The molecule has 0 unspecified atom stereocenters. The molecule has 0 aliphatic carbocycles. The van der Waals surface area contributed by atoms with Gasteiger partial charge in [-0.15, -0.1) is 0 Å². The van der Waals surface area contributed by atoms with Gasteiger partial charge in [-0.05, 0) is 64.2 Å². The maximum atomic E-state index is 12.5. The van der Waals surface area contributed by atoms with Crippen LogP contribution in [0.3, 0.4) is 0 Å². The van der Waals surface area contributed by atoms with Gasteiger partial charge in [0.25, 0.3) is 0 Å². The van der Waals surface area contributed by atoms with Gasteiger partial charge in [0, 0.05) is 33.0 Å². The third kappa shape index (κ3) is 2.28. The van der Waals surface area contributed by atoms with Crippen molar-refractivity contribution in [1.29, 1.82) is 0 Å². The molecular formula is C21H32O6. The molecule has 0 saturated carbocycles. The quantitative estimate of drug-likeness (QED) is 0.683.